The molecule has 26 heavy (non-hydrogen) atoms. The normalized spacial score (nSPS) is 12.5. The molecule has 1 aromatic heterocycles. The van der Waals surface area contributed by atoms with Crippen LogP contribution in [-0.2, 0) is 16.0 Å². The third kappa shape index (κ3) is 4.42. The average molecular weight is 376 g/mol. The number of ketones is 1. The van der Waals surface area contributed by atoms with Crippen molar-refractivity contribution in [2.24, 2.45) is 0 Å². The highest BCUT2D eigenvalue weighted by molar-refractivity contribution is 7.99. The van der Waals surface area contributed by atoms with E-state index in [2.05, 4.69) is 14.7 Å². The number of hydrogen-bond donors (Lipinski definition) is 1. The highest BCUT2D eigenvalue weighted by atomic mass is 32.2. The molecule has 0 unspecified atom stereocenters. The first kappa shape index (κ1) is 18.0. The average Bonchev–Trinajstić information content (AvgIpc) is 2.65. The first-order valence-corrected chi connectivity index (χ1v) is 8.76. The predicted molar refractivity (Wildman–Crippen MR) is 93.1 cm³/mol. The molecular weight excluding hydrogens is 360 g/mol. The van der Waals surface area contributed by atoms with Crippen LogP contribution in [0.15, 0.2) is 34.2 Å². The minimum atomic E-state index is -0.494. The molecule has 0 saturated heterocycles. The van der Waals surface area contributed by atoms with E-state index in [1.165, 1.54) is 13.2 Å². The Labute approximate surface area is 152 Å². The Balaban J connectivity index is 1.67. The van der Waals surface area contributed by atoms with Crippen molar-refractivity contribution in [2.75, 3.05) is 26.1 Å². The number of aromatic amines is 1. The molecule has 1 aliphatic rings. The monoisotopic (exact) mass is 376 g/mol. The molecule has 0 atom stereocenters. The Morgan fingerprint density at radius 1 is 1.23 bits per heavy atom. The summed E-state index contributed by atoms with van der Waals surface area (Å²) in [4.78, 5) is 42.1. The molecule has 0 amide bonds. The number of benzene rings is 1. The van der Waals surface area contributed by atoms with E-state index >= 15 is 0 Å². The van der Waals surface area contributed by atoms with E-state index in [0.29, 0.717) is 30.3 Å². The smallest absolute Gasteiger partial charge is 0.311 e. The van der Waals surface area contributed by atoms with Crippen molar-refractivity contribution in [3.63, 3.8) is 0 Å². The highest BCUT2D eigenvalue weighted by Crippen LogP contribution is 2.31. The van der Waals surface area contributed by atoms with Crippen LogP contribution in [0.3, 0.4) is 0 Å². The number of rotatable bonds is 6. The largest absolute Gasteiger partial charge is 0.486 e. The molecule has 0 bridgehead atoms. The summed E-state index contributed by atoms with van der Waals surface area (Å²) in [6.45, 7) is 0.925. The Kier molecular flexibility index (Phi) is 5.57. The molecule has 2 heterocycles. The number of Topliss-reactive ketones (excluding diaryl/α,β-unsaturated/α-hetero) is 1. The molecule has 136 valence electrons. The number of aromatic nitrogens is 2. The van der Waals surface area contributed by atoms with Crippen LogP contribution >= 0.6 is 11.8 Å². The lowest BCUT2D eigenvalue weighted by Gasteiger charge is -2.18. The third-order valence-electron chi connectivity index (χ3n) is 3.53. The molecule has 0 saturated carbocycles. The molecule has 1 aliphatic heterocycles. The number of fused-ring (bicyclic) bond motifs is 1. The van der Waals surface area contributed by atoms with Crippen molar-refractivity contribution in [1.82, 2.24) is 9.97 Å². The lowest BCUT2D eigenvalue weighted by Crippen LogP contribution is -2.16. The van der Waals surface area contributed by atoms with Gasteiger partial charge in [0.1, 0.15) is 13.2 Å². The molecule has 1 aromatic carbocycles. The van der Waals surface area contributed by atoms with E-state index in [0.717, 1.165) is 11.8 Å². The van der Waals surface area contributed by atoms with Crippen molar-refractivity contribution >= 4 is 23.5 Å². The number of nitrogens with zero attached hydrogens (tertiary/aromatic N) is 1. The van der Waals surface area contributed by atoms with Crippen LogP contribution < -0.4 is 15.0 Å². The maximum absolute atomic E-state index is 12.4. The van der Waals surface area contributed by atoms with Crippen molar-refractivity contribution in [3.8, 4) is 11.5 Å². The molecule has 0 spiro atoms. The third-order valence-corrected chi connectivity index (χ3v) is 4.40. The second-order valence-electron chi connectivity index (χ2n) is 5.37. The lowest BCUT2D eigenvalue weighted by molar-refractivity contribution is -0.139. The van der Waals surface area contributed by atoms with E-state index in [4.69, 9.17) is 9.47 Å². The van der Waals surface area contributed by atoms with Gasteiger partial charge in [-0.15, -0.1) is 0 Å². The summed E-state index contributed by atoms with van der Waals surface area (Å²) in [6, 6.07) is 6.23. The molecule has 3 rings (SSSR count). The van der Waals surface area contributed by atoms with Gasteiger partial charge in [0.15, 0.2) is 22.4 Å². The molecule has 0 radical (unpaired) electrons. The van der Waals surface area contributed by atoms with Gasteiger partial charge in [-0.2, -0.15) is 0 Å². The Morgan fingerprint density at radius 2 is 2.00 bits per heavy atom. The van der Waals surface area contributed by atoms with E-state index in [9.17, 15) is 14.4 Å². The number of nitrogens with one attached hydrogen (secondary N) is 1. The van der Waals surface area contributed by atoms with Crippen LogP contribution in [0.2, 0.25) is 0 Å². The molecule has 0 aliphatic carbocycles. The van der Waals surface area contributed by atoms with Crippen LogP contribution in [-0.4, -0.2) is 47.8 Å². The van der Waals surface area contributed by atoms with Gasteiger partial charge < -0.3 is 19.2 Å². The van der Waals surface area contributed by atoms with E-state index < -0.39 is 11.5 Å². The number of carbonyl (C=O) groups excluding carboxylic acids is 2. The first-order chi connectivity index (χ1) is 12.5. The summed E-state index contributed by atoms with van der Waals surface area (Å²) < 4.78 is 15.5. The summed E-state index contributed by atoms with van der Waals surface area (Å²) in [5.74, 6) is 0.588. The van der Waals surface area contributed by atoms with Crippen molar-refractivity contribution < 1.29 is 23.8 Å². The van der Waals surface area contributed by atoms with E-state index in [1.54, 1.807) is 18.2 Å². The number of carbonyl (C=O) groups is 2. The Morgan fingerprint density at radius 3 is 2.77 bits per heavy atom. The SMILES string of the molecule is COC(=O)Cc1cc(=O)[nH]c(SCC(=O)c2ccc3c(c2)OCCO3)n1. The topological polar surface area (TPSA) is 108 Å². The first-order valence-electron chi connectivity index (χ1n) is 7.78. The summed E-state index contributed by atoms with van der Waals surface area (Å²) >= 11 is 1.08. The van der Waals surface area contributed by atoms with Crippen LogP contribution in [0.25, 0.3) is 0 Å². The van der Waals surface area contributed by atoms with Gasteiger partial charge in [-0.25, -0.2) is 4.98 Å². The summed E-state index contributed by atoms with van der Waals surface area (Å²) in [5, 5.41) is 0.266. The van der Waals surface area contributed by atoms with Crippen molar-refractivity contribution in [1.29, 1.82) is 0 Å². The minimum Gasteiger partial charge on any atom is -0.486 e. The van der Waals surface area contributed by atoms with Gasteiger partial charge in [0.25, 0.3) is 5.56 Å². The molecule has 9 heteroatoms. The van der Waals surface area contributed by atoms with Crippen LogP contribution in [0.1, 0.15) is 16.1 Å². The Bertz CT molecular complexity index is 895. The maximum atomic E-state index is 12.4. The number of ether oxygens (including phenoxy) is 3. The minimum absolute atomic E-state index is 0.0737. The fraction of sp³-hybridized carbons (Fsp3) is 0.294. The molecular formula is C17H16N2O6S. The maximum Gasteiger partial charge on any atom is 0.311 e. The van der Waals surface area contributed by atoms with Crippen LogP contribution in [0.4, 0.5) is 0 Å². The molecule has 8 nitrogen and oxygen atoms in total. The fourth-order valence-corrected chi connectivity index (χ4v) is 3.09. The Hall–Kier alpha value is -2.81. The number of hydrogen-bond acceptors (Lipinski definition) is 8. The van der Waals surface area contributed by atoms with Crippen LogP contribution in [0.5, 0.6) is 11.5 Å². The number of H-pyrrole nitrogens is 1. The van der Waals surface area contributed by atoms with Gasteiger partial charge in [-0.1, -0.05) is 11.8 Å². The van der Waals surface area contributed by atoms with Gasteiger partial charge in [-0.3, -0.25) is 14.4 Å². The van der Waals surface area contributed by atoms with Gasteiger partial charge in [-0.05, 0) is 18.2 Å². The molecule has 1 N–H and O–H groups in total. The zero-order valence-electron chi connectivity index (χ0n) is 13.9. The fourth-order valence-electron chi connectivity index (χ4n) is 2.30. The summed E-state index contributed by atoms with van der Waals surface area (Å²) in [5.41, 5.74) is 0.373. The zero-order chi connectivity index (χ0) is 18.5. The van der Waals surface area contributed by atoms with Gasteiger partial charge in [0.05, 0.1) is 25.0 Å². The van der Waals surface area contributed by atoms with Crippen LogP contribution in [0, 0.1) is 0 Å². The number of esters is 1. The second kappa shape index (κ2) is 8.05. The predicted octanol–water partition coefficient (Wildman–Crippen LogP) is 1.23. The number of thioether (sulfide) groups is 1. The summed E-state index contributed by atoms with van der Waals surface area (Å²) in [7, 11) is 1.26. The van der Waals surface area contributed by atoms with E-state index in [1.807, 2.05) is 0 Å². The van der Waals surface area contributed by atoms with Gasteiger partial charge in [0.2, 0.25) is 0 Å². The van der Waals surface area contributed by atoms with Crippen molar-refractivity contribution in [3.05, 3.63) is 45.9 Å². The highest BCUT2D eigenvalue weighted by Gasteiger charge is 2.16. The standard InChI is InChI=1S/C17H16N2O6S/c1-23-16(22)8-11-7-15(21)19-17(18-11)26-9-12(20)10-2-3-13-14(6-10)25-5-4-24-13/h2-3,6-7H,4-5,8-9H2,1H3,(H,18,19,21). The number of methoxy groups -OCH3 is 1. The molecule has 2 aromatic rings. The van der Waals surface area contributed by atoms with Gasteiger partial charge >= 0.3 is 5.97 Å². The van der Waals surface area contributed by atoms with E-state index in [-0.39, 0.29) is 28.8 Å². The zero-order valence-corrected chi connectivity index (χ0v) is 14.8. The van der Waals surface area contributed by atoms with Gasteiger partial charge in [0, 0.05) is 11.6 Å². The molecule has 0 fully saturated rings. The van der Waals surface area contributed by atoms with Crippen molar-refractivity contribution in [2.45, 2.75) is 11.6 Å². The quantitative estimate of drug-likeness (QED) is 0.347. The lowest BCUT2D eigenvalue weighted by atomic mass is 10.1. The summed E-state index contributed by atoms with van der Waals surface area (Å²) in [6.07, 6.45) is -0.107. The second-order valence-corrected chi connectivity index (χ2v) is 6.33.